The third-order valence-corrected chi connectivity index (χ3v) is 3.46. The van der Waals surface area contributed by atoms with Crippen molar-refractivity contribution in [1.29, 1.82) is 0 Å². The molecule has 1 unspecified atom stereocenters. The van der Waals surface area contributed by atoms with E-state index in [9.17, 15) is 4.79 Å². The van der Waals surface area contributed by atoms with Gasteiger partial charge in [0.25, 0.3) is 5.24 Å². The minimum atomic E-state index is -0.00731. The van der Waals surface area contributed by atoms with Crippen LogP contribution in [0.1, 0.15) is 6.92 Å². The first-order valence-electron chi connectivity index (χ1n) is 2.93. The maximum absolute atomic E-state index is 10.6. The van der Waals surface area contributed by atoms with E-state index in [1.54, 1.807) is 7.05 Å². The van der Waals surface area contributed by atoms with E-state index in [-0.39, 0.29) is 5.24 Å². The average Bonchev–Trinajstić information content (AvgIpc) is 1.99. The summed E-state index contributed by atoms with van der Waals surface area (Å²) >= 11 is 0. The molecule has 0 aromatic carbocycles. The second kappa shape index (κ2) is 5.88. The molecule has 2 N–H and O–H groups in total. The molecule has 1 atom stereocenters. The van der Waals surface area contributed by atoms with Crippen LogP contribution in [0.5, 0.6) is 0 Å². The van der Waals surface area contributed by atoms with Crippen molar-refractivity contribution in [3.8, 4) is 0 Å². The van der Waals surface area contributed by atoms with Gasteiger partial charge in [0.05, 0.1) is 5.37 Å². The second-order valence-electron chi connectivity index (χ2n) is 1.65. The lowest BCUT2D eigenvalue weighted by Gasteiger charge is -2.06. The Balaban J connectivity index is 3.26. The Hall–Kier alpha value is 0.130. The molecule has 5 heteroatoms. The van der Waals surface area contributed by atoms with Gasteiger partial charge in [0.15, 0.2) is 0 Å². The van der Waals surface area contributed by atoms with E-state index in [4.69, 9.17) is 0 Å². The summed E-state index contributed by atoms with van der Waals surface area (Å²) in [5.41, 5.74) is 0. The lowest BCUT2D eigenvalue weighted by molar-refractivity contribution is 0.262. The number of hydrogen-bond donors (Lipinski definition) is 2. The van der Waals surface area contributed by atoms with Crippen molar-refractivity contribution in [2.45, 2.75) is 12.3 Å². The fraction of sp³-hybridized carbons (Fsp3) is 0.800. The molecular formula is C5H12N2OS2. The molecular weight excluding hydrogens is 168 g/mol. The number of nitrogens with one attached hydrogen (secondary N) is 2. The van der Waals surface area contributed by atoms with E-state index in [2.05, 4.69) is 10.6 Å². The molecule has 0 aromatic heterocycles. The van der Waals surface area contributed by atoms with Crippen LogP contribution in [0.15, 0.2) is 0 Å². The zero-order valence-electron chi connectivity index (χ0n) is 6.30. The van der Waals surface area contributed by atoms with Gasteiger partial charge in [-0.25, -0.2) is 0 Å². The summed E-state index contributed by atoms with van der Waals surface area (Å²) in [6, 6.07) is 0. The predicted octanol–water partition coefficient (Wildman–Crippen LogP) is 1.27. The number of rotatable bonds is 3. The molecule has 3 nitrogen and oxygen atoms in total. The van der Waals surface area contributed by atoms with Gasteiger partial charge in [0, 0.05) is 17.8 Å². The number of hydrogen-bond acceptors (Lipinski definition) is 4. The van der Waals surface area contributed by atoms with Crippen LogP contribution < -0.4 is 10.6 Å². The first kappa shape index (κ1) is 10.1. The Kier molecular flexibility index (Phi) is 5.96. The predicted molar refractivity (Wildman–Crippen MR) is 48.2 cm³/mol. The summed E-state index contributed by atoms with van der Waals surface area (Å²) in [5, 5.41) is 5.83. The van der Waals surface area contributed by atoms with Crippen LogP contribution >= 0.6 is 21.6 Å². The Morgan fingerprint density at radius 1 is 1.50 bits per heavy atom. The molecule has 0 radical (unpaired) electrons. The highest BCUT2D eigenvalue weighted by atomic mass is 33.1. The molecule has 1 amide bonds. The Labute approximate surface area is 69.1 Å². The molecule has 0 saturated heterocycles. The number of carbonyl (C=O) groups excluding carboxylic acids is 1. The quantitative estimate of drug-likeness (QED) is 0.507. The van der Waals surface area contributed by atoms with Gasteiger partial charge >= 0.3 is 0 Å². The van der Waals surface area contributed by atoms with Crippen LogP contribution in [0.3, 0.4) is 0 Å². The maximum Gasteiger partial charge on any atom is 0.289 e. The van der Waals surface area contributed by atoms with Crippen molar-refractivity contribution in [3.63, 3.8) is 0 Å². The van der Waals surface area contributed by atoms with E-state index in [1.165, 1.54) is 21.6 Å². The lowest BCUT2D eigenvalue weighted by atomic mass is 10.8. The van der Waals surface area contributed by atoms with Crippen molar-refractivity contribution in [3.05, 3.63) is 0 Å². The van der Waals surface area contributed by atoms with E-state index in [0.29, 0.717) is 5.37 Å². The van der Waals surface area contributed by atoms with Crippen LogP contribution in [0, 0.1) is 0 Å². The van der Waals surface area contributed by atoms with E-state index >= 15 is 0 Å². The fourth-order valence-electron chi connectivity index (χ4n) is 0.206. The topological polar surface area (TPSA) is 41.1 Å². The van der Waals surface area contributed by atoms with Crippen LogP contribution in [-0.4, -0.2) is 24.7 Å². The molecule has 0 aliphatic carbocycles. The molecule has 60 valence electrons. The lowest BCUT2D eigenvalue weighted by Crippen LogP contribution is -2.17. The van der Waals surface area contributed by atoms with Gasteiger partial charge in [-0.15, -0.1) is 0 Å². The molecule has 0 heterocycles. The summed E-state index contributed by atoms with van der Waals surface area (Å²) in [4.78, 5) is 10.6. The molecule has 0 saturated carbocycles. The smallest absolute Gasteiger partial charge is 0.289 e. The Morgan fingerprint density at radius 3 is 2.50 bits per heavy atom. The summed E-state index contributed by atoms with van der Waals surface area (Å²) in [6.45, 7) is 2.00. The van der Waals surface area contributed by atoms with E-state index < -0.39 is 0 Å². The normalized spacial score (nSPS) is 12.7. The van der Waals surface area contributed by atoms with Gasteiger partial charge in [0.2, 0.25) is 0 Å². The number of amides is 1. The highest BCUT2D eigenvalue weighted by molar-refractivity contribution is 8.82. The van der Waals surface area contributed by atoms with Crippen molar-refractivity contribution < 1.29 is 4.79 Å². The van der Waals surface area contributed by atoms with Crippen LogP contribution in [0.25, 0.3) is 0 Å². The van der Waals surface area contributed by atoms with Gasteiger partial charge in [-0.3, -0.25) is 4.79 Å². The number of carbonyl (C=O) groups is 1. The molecule has 0 fully saturated rings. The zero-order valence-corrected chi connectivity index (χ0v) is 7.94. The maximum atomic E-state index is 10.6. The Morgan fingerprint density at radius 2 is 2.10 bits per heavy atom. The molecule has 10 heavy (non-hydrogen) atoms. The van der Waals surface area contributed by atoms with Crippen molar-refractivity contribution in [1.82, 2.24) is 10.6 Å². The highest BCUT2D eigenvalue weighted by Crippen LogP contribution is 2.24. The average molecular weight is 180 g/mol. The Bertz CT molecular complexity index is 110. The van der Waals surface area contributed by atoms with Gasteiger partial charge in [-0.2, -0.15) is 0 Å². The van der Waals surface area contributed by atoms with Crippen molar-refractivity contribution in [2.24, 2.45) is 0 Å². The van der Waals surface area contributed by atoms with Crippen molar-refractivity contribution >= 4 is 26.8 Å². The third-order valence-electron chi connectivity index (χ3n) is 0.879. The summed E-state index contributed by atoms with van der Waals surface area (Å²) in [5.74, 6) is 0. The van der Waals surface area contributed by atoms with E-state index in [1.807, 2.05) is 14.0 Å². The van der Waals surface area contributed by atoms with Gasteiger partial charge in [0.1, 0.15) is 0 Å². The first-order valence-corrected chi connectivity index (χ1v) is 5.14. The van der Waals surface area contributed by atoms with Gasteiger partial charge < -0.3 is 10.6 Å². The van der Waals surface area contributed by atoms with Gasteiger partial charge in [-0.05, 0) is 14.0 Å². The minimum Gasteiger partial charge on any atom is -0.349 e. The SMILES string of the molecule is CNC(=O)SSC(C)NC. The second-order valence-corrected chi connectivity index (χ2v) is 4.16. The minimum absolute atomic E-state index is 0.00731. The van der Waals surface area contributed by atoms with E-state index in [0.717, 1.165) is 0 Å². The van der Waals surface area contributed by atoms with Gasteiger partial charge in [-0.1, -0.05) is 10.8 Å². The molecule has 0 aliphatic rings. The molecule has 0 aromatic rings. The highest BCUT2D eigenvalue weighted by Gasteiger charge is 2.03. The summed E-state index contributed by atoms with van der Waals surface area (Å²) < 4.78 is 0. The third kappa shape index (κ3) is 4.96. The van der Waals surface area contributed by atoms with Crippen LogP contribution in [0.4, 0.5) is 4.79 Å². The van der Waals surface area contributed by atoms with Crippen LogP contribution in [0.2, 0.25) is 0 Å². The summed E-state index contributed by atoms with van der Waals surface area (Å²) in [7, 11) is 6.20. The molecule has 0 rings (SSSR count). The van der Waals surface area contributed by atoms with Crippen LogP contribution in [-0.2, 0) is 0 Å². The molecule has 0 spiro atoms. The summed E-state index contributed by atoms with van der Waals surface area (Å²) in [6.07, 6.45) is 0. The largest absolute Gasteiger partial charge is 0.349 e. The first-order chi connectivity index (χ1) is 4.70. The zero-order chi connectivity index (χ0) is 7.98. The molecule has 0 aliphatic heterocycles. The van der Waals surface area contributed by atoms with Crippen molar-refractivity contribution in [2.75, 3.05) is 14.1 Å². The molecule has 0 bridgehead atoms. The monoisotopic (exact) mass is 180 g/mol. The standard InChI is InChI=1S/C5H12N2OS2/c1-4(6-2)9-10-5(8)7-3/h4,6H,1-3H3,(H,7,8). The fourth-order valence-corrected chi connectivity index (χ4v) is 1.85.